The van der Waals surface area contributed by atoms with Gasteiger partial charge in [-0.2, -0.15) is 0 Å². The minimum absolute atomic E-state index is 0.0627. The van der Waals surface area contributed by atoms with Gasteiger partial charge >= 0.3 is 5.97 Å². The number of carbonyl (C=O) groups is 2. The largest absolute Gasteiger partial charge is 0.478 e. The highest BCUT2D eigenvalue weighted by Gasteiger charge is 2.15. The maximum Gasteiger partial charge on any atom is 0.331 e. The van der Waals surface area contributed by atoms with Crippen molar-refractivity contribution in [3.63, 3.8) is 0 Å². The molecule has 1 amide bonds. The fourth-order valence-electron chi connectivity index (χ4n) is 1.46. The molecule has 1 unspecified atom stereocenters. The zero-order chi connectivity index (χ0) is 13.7. The number of rotatable bonds is 4. The van der Waals surface area contributed by atoms with Gasteiger partial charge in [-0.05, 0) is 26.3 Å². The first-order valence-electron chi connectivity index (χ1n) is 5.70. The smallest absolute Gasteiger partial charge is 0.331 e. The molecule has 18 heavy (non-hydrogen) atoms. The maximum atomic E-state index is 11.8. The van der Waals surface area contributed by atoms with Crippen LogP contribution in [0.5, 0.6) is 0 Å². The molecule has 0 heterocycles. The third-order valence-electron chi connectivity index (χ3n) is 2.87. The standard InChI is InChI=1S/C14H17NO3/c1-9(10(2)14(17)18)13(16)15-11(3)12-7-5-4-6-8-12/h4-8,11H,1-3H3,(H,15,16)(H,17,18). The summed E-state index contributed by atoms with van der Waals surface area (Å²) in [5.74, 6) is -1.43. The van der Waals surface area contributed by atoms with E-state index in [1.54, 1.807) is 0 Å². The van der Waals surface area contributed by atoms with Gasteiger partial charge in [-0.3, -0.25) is 4.79 Å². The highest BCUT2D eigenvalue weighted by molar-refractivity contribution is 6.01. The molecule has 0 aliphatic rings. The average molecular weight is 247 g/mol. The molecule has 0 aromatic heterocycles. The normalized spacial score (nSPS) is 13.5. The first-order chi connectivity index (χ1) is 8.43. The van der Waals surface area contributed by atoms with Crippen LogP contribution in [0.2, 0.25) is 0 Å². The summed E-state index contributed by atoms with van der Waals surface area (Å²) in [5.41, 5.74) is 1.27. The Hall–Kier alpha value is -2.10. The van der Waals surface area contributed by atoms with E-state index in [-0.39, 0.29) is 23.1 Å². The number of nitrogens with one attached hydrogen (secondary N) is 1. The Morgan fingerprint density at radius 3 is 2.17 bits per heavy atom. The molecule has 96 valence electrons. The summed E-state index contributed by atoms with van der Waals surface area (Å²) in [6.07, 6.45) is 0. The van der Waals surface area contributed by atoms with Gasteiger partial charge in [-0.1, -0.05) is 30.3 Å². The second kappa shape index (κ2) is 6.00. The van der Waals surface area contributed by atoms with Crippen molar-refractivity contribution in [2.45, 2.75) is 26.8 Å². The second-order valence-corrected chi connectivity index (χ2v) is 4.16. The summed E-state index contributed by atoms with van der Waals surface area (Å²) < 4.78 is 0. The van der Waals surface area contributed by atoms with Crippen LogP contribution in [0.3, 0.4) is 0 Å². The van der Waals surface area contributed by atoms with E-state index < -0.39 is 5.97 Å². The van der Waals surface area contributed by atoms with Crippen LogP contribution >= 0.6 is 0 Å². The maximum absolute atomic E-state index is 11.8. The first-order valence-corrected chi connectivity index (χ1v) is 5.70. The summed E-state index contributed by atoms with van der Waals surface area (Å²) in [4.78, 5) is 22.6. The Morgan fingerprint density at radius 2 is 1.67 bits per heavy atom. The lowest BCUT2D eigenvalue weighted by molar-refractivity contribution is -0.133. The van der Waals surface area contributed by atoms with Crippen LogP contribution < -0.4 is 5.32 Å². The number of carboxylic acid groups (broad SMARTS) is 1. The number of hydrogen-bond acceptors (Lipinski definition) is 2. The van der Waals surface area contributed by atoms with Gasteiger partial charge < -0.3 is 10.4 Å². The van der Waals surface area contributed by atoms with Gasteiger partial charge in [0.05, 0.1) is 6.04 Å². The van der Waals surface area contributed by atoms with E-state index in [9.17, 15) is 9.59 Å². The van der Waals surface area contributed by atoms with Crippen molar-refractivity contribution in [3.8, 4) is 0 Å². The fourth-order valence-corrected chi connectivity index (χ4v) is 1.46. The van der Waals surface area contributed by atoms with Gasteiger partial charge in [0.15, 0.2) is 0 Å². The molecule has 0 radical (unpaired) electrons. The van der Waals surface area contributed by atoms with Crippen molar-refractivity contribution < 1.29 is 14.7 Å². The van der Waals surface area contributed by atoms with E-state index in [0.717, 1.165) is 5.56 Å². The Bertz CT molecular complexity index is 477. The molecule has 0 saturated heterocycles. The van der Waals surface area contributed by atoms with E-state index >= 15 is 0 Å². The number of amides is 1. The molecule has 0 saturated carbocycles. The third kappa shape index (κ3) is 3.45. The Kier molecular flexibility index (Phi) is 4.66. The highest BCUT2D eigenvalue weighted by Crippen LogP contribution is 2.13. The second-order valence-electron chi connectivity index (χ2n) is 4.16. The zero-order valence-electron chi connectivity index (χ0n) is 10.7. The van der Waals surface area contributed by atoms with Crippen LogP contribution in [0.1, 0.15) is 32.4 Å². The zero-order valence-corrected chi connectivity index (χ0v) is 10.7. The molecule has 0 aliphatic carbocycles. The molecular weight excluding hydrogens is 230 g/mol. The lowest BCUT2D eigenvalue weighted by atomic mass is 10.1. The Labute approximate surface area is 106 Å². The molecular formula is C14H17NO3. The van der Waals surface area contributed by atoms with Gasteiger partial charge in [0.1, 0.15) is 0 Å². The summed E-state index contributed by atoms with van der Waals surface area (Å²) in [5, 5.41) is 11.6. The monoisotopic (exact) mass is 247 g/mol. The topological polar surface area (TPSA) is 66.4 Å². The van der Waals surface area contributed by atoms with Crippen molar-refractivity contribution in [3.05, 3.63) is 47.0 Å². The highest BCUT2D eigenvalue weighted by atomic mass is 16.4. The van der Waals surface area contributed by atoms with E-state index in [2.05, 4.69) is 5.32 Å². The quantitative estimate of drug-likeness (QED) is 0.802. The minimum Gasteiger partial charge on any atom is -0.478 e. The van der Waals surface area contributed by atoms with Crippen LogP contribution in [-0.4, -0.2) is 17.0 Å². The van der Waals surface area contributed by atoms with Crippen LogP contribution in [0.25, 0.3) is 0 Å². The molecule has 1 aromatic carbocycles. The van der Waals surface area contributed by atoms with Gasteiger partial charge in [0, 0.05) is 11.1 Å². The van der Waals surface area contributed by atoms with Crippen LogP contribution in [0, 0.1) is 0 Å². The van der Waals surface area contributed by atoms with Crippen LogP contribution in [0.4, 0.5) is 0 Å². The molecule has 1 rings (SSSR count). The Morgan fingerprint density at radius 1 is 1.11 bits per heavy atom. The average Bonchev–Trinajstić information content (AvgIpc) is 2.37. The van der Waals surface area contributed by atoms with Crippen molar-refractivity contribution in [1.82, 2.24) is 5.32 Å². The Balaban J connectivity index is 2.78. The summed E-state index contributed by atoms with van der Waals surface area (Å²) in [7, 11) is 0. The van der Waals surface area contributed by atoms with Crippen molar-refractivity contribution in [2.24, 2.45) is 0 Å². The van der Waals surface area contributed by atoms with Crippen molar-refractivity contribution >= 4 is 11.9 Å². The molecule has 0 fully saturated rings. The predicted molar refractivity (Wildman–Crippen MR) is 69.0 cm³/mol. The van der Waals surface area contributed by atoms with E-state index in [4.69, 9.17) is 5.11 Å². The van der Waals surface area contributed by atoms with Gasteiger partial charge in [-0.25, -0.2) is 4.79 Å². The van der Waals surface area contributed by atoms with E-state index in [1.165, 1.54) is 13.8 Å². The number of carboxylic acids is 1. The minimum atomic E-state index is -1.07. The molecule has 4 nitrogen and oxygen atoms in total. The fraction of sp³-hybridized carbons (Fsp3) is 0.286. The van der Waals surface area contributed by atoms with Gasteiger partial charge in [0.25, 0.3) is 0 Å². The summed E-state index contributed by atoms with van der Waals surface area (Å²) in [6, 6.07) is 9.35. The molecule has 4 heteroatoms. The molecule has 1 atom stereocenters. The van der Waals surface area contributed by atoms with Crippen LogP contribution in [0.15, 0.2) is 41.5 Å². The molecule has 0 aliphatic heterocycles. The van der Waals surface area contributed by atoms with E-state index in [0.29, 0.717) is 0 Å². The third-order valence-corrected chi connectivity index (χ3v) is 2.87. The lowest BCUT2D eigenvalue weighted by Gasteiger charge is -2.15. The molecule has 1 aromatic rings. The van der Waals surface area contributed by atoms with Gasteiger partial charge in [-0.15, -0.1) is 0 Å². The first kappa shape index (κ1) is 14.0. The van der Waals surface area contributed by atoms with Crippen molar-refractivity contribution in [1.29, 1.82) is 0 Å². The van der Waals surface area contributed by atoms with E-state index in [1.807, 2.05) is 37.3 Å². The summed E-state index contributed by atoms with van der Waals surface area (Å²) in [6.45, 7) is 4.79. The predicted octanol–water partition coefficient (Wildman–Crippen LogP) is 2.28. The molecule has 2 N–H and O–H groups in total. The van der Waals surface area contributed by atoms with Gasteiger partial charge in [0.2, 0.25) is 5.91 Å². The molecule has 0 bridgehead atoms. The van der Waals surface area contributed by atoms with Crippen LogP contribution in [-0.2, 0) is 9.59 Å². The lowest BCUT2D eigenvalue weighted by Crippen LogP contribution is -2.28. The SMILES string of the molecule is CC(C(=O)O)=C(C)C(=O)NC(C)c1ccccc1. The van der Waals surface area contributed by atoms with Crippen molar-refractivity contribution in [2.75, 3.05) is 0 Å². The summed E-state index contributed by atoms with van der Waals surface area (Å²) >= 11 is 0. The molecule has 0 spiro atoms. The number of aliphatic carboxylic acids is 1. The number of hydrogen-bond donors (Lipinski definition) is 2. The number of carbonyl (C=O) groups excluding carboxylic acids is 1. The number of benzene rings is 1.